The Labute approximate surface area is 175 Å². The molecule has 1 aliphatic rings. The fourth-order valence-corrected chi connectivity index (χ4v) is 3.98. The summed E-state index contributed by atoms with van der Waals surface area (Å²) >= 11 is 0. The van der Waals surface area contributed by atoms with E-state index < -0.39 is 6.10 Å². The molecule has 30 heavy (non-hydrogen) atoms. The van der Waals surface area contributed by atoms with Gasteiger partial charge in [-0.05, 0) is 41.2 Å². The summed E-state index contributed by atoms with van der Waals surface area (Å²) in [5.41, 5.74) is 20.8. The molecule has 1 aliphatic heterocycles. The van der Waals surface area contributed by atoms with Crippen LogP contribution in [0.4, 0.5) is 5.69 Å². The maximum absolute atomic E-state index is 11.2. The van der Waals surface area contributed by atoms with Crippen molar-refractivity contribution in [2.45, 2.75) is 38.5 Å². The van der Waals surface area contributed by atoms with E-state index in [-0.39, 0.29) is 12.5 Å². The molecule has 9 N–H and O–H groups in total. The van der Waals surface area contributed by atoms with Crippen molar-refractivity contribution in [3.63, 3.8) is 0 Å². The Morgan fingerprint density at radius 1 is 1.33 bits per heavy atom. The molecule has 2 heterocycles. The fraction of sp³-hybridized carbons (Fsp3) is 0.579. The van der Waals surface area contributed by atoms with Gasteiger partial charge in [0.25, 0.3) is 0 Å². The summed E-state index contributed by atoms with van der Waals surface area (Å²) in [6.07, 6.45) is 1.63. The Hall–Kier alpha value is -2.60. The SMILES string of the molecule is NCc1c(CNC[C@H](O)CN)ccc(N2CCC(CC(N)=O)CC2)c1-c1nn[nH]n1. The van der Waals surface area contributed by atoms with E-state index in [9.17, 15) is 9.90 Å². The number of aliphatic hydroxyl groups is 1. The number of nitrogens with two attached hydrogens (primary N) is 3. The molecule has 0 aliphatic carbocycles. The zero-order valence-corrected chi connectivity index (χ0v) is 17.0. The molecule has 1 aromatic heterocycles. The molecule has 11 heteroatoms. The van der Waals surface area contributed by atoms with Crippen LogP contribution in [0.2, 0.25) is 0 Å². The van der Waals surface area contributed by atoms with E-state index in [1.165, 1.54) is 0 Å². The van der Waals surface area contributed by atoms with Gasteiger partial charge in [0.1, 0.15) is 0 Å². The fourth-order valence-electron chi connectivity index (χ4n) is 3.98. The van der Waals surface area contributed by atoms with Gasteiger partial charge in [-0.2, -0.15) is 5.21 Å². The van der Waals surface area contributed by atoms with Crippen molar-refractivity contribution in [2.24, 2.45) is 23.1 Å². The summed E-state index contributed by atoms with van der Waals surface area (Å²) in [6.45, 7) is 3.07. The van der Waals surface area contributed by atoms with Gasteiger partial charge in [-0.1, -0.05) is 6.07 Å². The first-order valence-electron chi connectivity index (χ1n) is 10.2. The van der Waals surface area contributed by atoms with Crippen molar-refractivity contribution in [2.75, 3.05) is 31.1 Å². The third-order valence-corrected chi connectivity index (χ3v) is 5.57. The molecule has 0 unspecified atom stereocenters. The van der Waals surface area contributed by atoms with E-state index in [0.29, 0.717) is 37.8 Å². The van der Waals surface area contributed by atoms with Crippen LogP contribution in [0, 0.1) is 5.92 Å². The number of carbonyl (C=O) groups is 1. The second kappa shape index (κ2) is 10.4. The minimum absolute atomic E-state index is 0.204. The van der Waals surface area contributed by atoms with Crippen LogP contribution in [0.25, 0.3) is 11.4 Å². The number of tetrazole rings is 1. The van der Waals surface area contributed by atoms with Gasteiger partial charge in [0.15, 0.2) is 0 Å². The number of nitrogens with one attached hydrogen (secondary N) is 2. The number of piperidine rings is 1. The summed E-state index contributed by atoms with van der Waals surface area (Å²) in [4.78, 5) is 13.5. The number of hydrogen-bond donors (Lipinski definition) is 6. The summed E-state index contributed by atoms with van der Waals surface area (Å²) in [7, 11) is 0. The lowest BCUT2D eigenvalue weighted by Gasteiger charge is -2.35. The second-order valence-electron chi connectivity index (χ2n) is 7.66. The molecule has 1 saturated heterocycles. The first-order valence-corrected chi connectivity index (χ1v) is 10.2. The number of H-pyrrole nitrogens is 1. The number of aliphatic hydroxyl groups excluding tert-OH is 1. The molecule has 0 saturated carbocycles. The first-order chi connectivity index (χ1) is 14.5. The minimum Gasteiger partial charge on any atom is -0.390 e. The molecule has 1 fully saturated rings. The van der Waals surface area contributed by atoms with E-state index in [0.717, 1.165) is 48.3 Å². The Bertz CT molecular complexity index is 820. The molecule has 164 valence electrons. The van der Waals surface area contributed by atoms with Crippen LogP contribution in [0.3, 0.4) is 0 Å². The average Bonchev–Trinajstić information content (AvgIpc) is 3.27. The lowest BCUT2D eigenvalue weighted by atomic mass is 9.91. The van der Waals surface area contributed by atoms with E-state index in [1.807, 2.05) is 6.07 Å². The molecular weight excluding hydrogens is 386 g/mol. The van der Waals surface area contributed by atoms with Crippen molar-refractivity contribution in [1.29, 1.82) is 0 Å². The van der Waals surface area contributed by atoms with Crippen LogP contribution >= 0.6 is 0 Å². The zero-order valence-electron chi connectivity index (χ0n) is 17.0. The quantitative estimate of drug-likeness (QED) is 0.277. The Morgan fingerprint density at radius 2 is 2.10 bits per heavy atom. The lowest BCUT2D eigenvalue weighted by molar-refractivity contribution is -0.119. The second-order valence-corrected chi connectivity index (χ2v) is 7.66. The summed E-state index contributed by atoms with van der Waals surface area (Å²) in [5.74, 6) is 0.565. The monoisotopic (exact) mass is 417 g/mol. The van der Waals surface area contributed by atoms with Crippen LogP contribution in [0.15, 0.2) is 12.1 Å². The third-order valence-electron chi connectivity index (χ3n) is 5.57. The Kier molecular flexibility index (Phi) is 7.69. The predicted molar refractivity (Wildman–Crippen MR) is 113 cm³/mol. The van der Waals surface area contributed by atoms with Crippen LogP contribution in [0.1, 0.15) is 30.4 Å². The smallest absolute Gasteiger partial charge is 0.217 e. The van der Waals surface area contributed by atoms with Gasteiger partial charge in [-0.3, -0.25) is 4.79 Å². The van der Waals surface area contributed by atoms with Crippen LogP contribution < -0.4 is 27.4 Å². The zero-order chi connectivity index (χ0) is 21.5. The Balaban J connectivity index is 1.85. The van der Waals surface area contributed by atoms with Crippen LogP contribution in [0.5, 0.6) is 0 Å². The molecule has 1 atom stereocenters. The van der Waals surface area contributed by atoms with Gasteiger partial charge in [0.05, 0.1) is 11.7 Å². The predicted octanol–water partition coefficient (Wildman–Crippen LogP) is -1.17. The van der Waals surface area contributed by atoms with Gasteiger partial charge in [0.2, 0.25) is 11.7 Å². The van der Waals surface area contributed by atoms with E-state index in [2.05, 4.69) is 36.9 Å². The number of primary amides is 1. The molecule has 11 nitrogen and oxygen atoms in total. The highest BCUT2D eigenvalue weighted by Crippen LogP contribution is 2.36. The molecule has 0 bridgehead atoms. The number of nitrogens with zero attached hydrogens (tertiary/aromatic N) is 4. The number of aromatic amines is 1. The van der Waals surface area contributed by atoms with Gasteiger partial charge < -0.3 is 32.5 Å². The Morgan fingerprint density at radius 3 is 2.70 bits per heavy atom. The highest BCUT2D eigenvalue weighted by molar-refractivity contribution is 5.79. The van der Waals surface area contributed by atoms with Crippen molar-refractivity contribution >= 4 is 11.6 Å². The highest BCUT2D eigenvalue weighted by atomic mass is 16.3. The van der Waals surface area contributed by atoms with Gasteiger partial charge >= 0.3 is 0 Å². The molecule has 1 amide bonds. The summed E-state index contributed by atoms with van der Waals surface area (Å²) < 4.78 is 0. The highest BCUT2D eigenvalue weighted by Gasteiger charge is 2.26. The number of anilines is 1. The van der Waals surface area contributed by atoms with E-state index in [1.54, 1.807) is 0 Å². The average molecular weight is 418 g/mol. The van der Waals surface area contributed by atoms with Crippen molar-refractivity contribution in [3.8, 4) is 11.4 Å². The third kappa shape index (κ3) is 5.30. The standard InChI is InChI=1S/C19H31N9O2/c20-8-14(29)11-23-10-13-1-2-16(18(15(13)9-21)19-24-26-27-25-19)28-5-3-12(4-6-28)7-17(22)30/h1-2,12,14,23,29H,3-11,20-21H2,(H2,22,30)(H,24,25,26,27)/t14-/m1/s1. The topological polar surface area (TPSA) is 185 Å². The van der Waals surface area contributed by atoms with Crippen molar-refractivity contribution in [1.82, 2.24) is 25.9 Å². The lowest BCUT2D eigenvalue weighted by Crippen LogP contribution is -2.35. The molecule has 0 radical (unpaired) electrons. The molecule has 1 aromatic carbocycles. The maximum Gasteiger partial charge on any atom is 0.217 e. The number of carbonyl (C=O) groups excluding carboxylic acids is 1. The number of rotatable bonds is 10. The van der Waals surface area contributed by atoms with Crippen LogP contribution in [-0.2, 0) is 17.9 Å². The molecule has 2 aromatic rings. The number of aromatic nitrogens is 4. The number of benzene rings is 1. The molecular formula is C19H31N9O2. The van der Waals surface area contributed by atoms with Crippen LogP contribution in [-0.4, -0.2) is 63.9 Å². The van der Waals surface area contributed by atoms with Gasteiger partial charge in [-0.25, -0.2) is 0 Å². The minimum atomic E-state index is -0.594. The summed E-state index contributed by atoms with van der Waals surface area (Å²) in [6, 6.07) is 4.09. The van der Waals surface area contributed by atoms with Crippen molar-refractivity contribution in [3.05, 3.63) is 23.3 Å². The number of hydrogen-bond acceptors (Lipinski definition) is 9. The maximum atomic E-state index is 11.2. The summed E-state index contributed by atoms with van der Waals surface area (Å²) in [5, 5.41) is 27.5. The van der Waals surface area contributed by atoms with Gasteiger partial charge in [-0.15, -0.1) is 10.2 Å². The largest absolute Gasteiger partial charge is 0.390 e. The number of amides is 1. The van der Waals surface area contributed by atoms with E-state index in [4.69, 9.17) is 17.2 Å². The normalized spacial score (nSPS) is 16.0. The molecule has 3 rings (SSSR count). The van der Waals surface area contributed by atoms with Gasteiger partial charge in [0, 0.05) is 51.4 Å². The first kappa shape index (κ1) is 22.1. The van der Waals surface area contributed by atoms with E-state index >= 15 is 0 Å². The molecule has 0 spiro atoms. The van der Waals surface area contributed by atoms with Crippen molar-refractivity contribution < 1.29 is 9.90 Å².